The van der Waals surface area contributed by atoms with Gasteiger partial charge in [-0.2, -0.15) is 0 Å². The van der Waals surface area contributed by atoms with Crippen LogP contribution in [-0.2, 0) is 6.54 Å². The zero-order valence-corrected chi connectivity index (χ0v) is 15.0. The van der Waals surface area contributed by atoms with Crippen LogP contribution in [0, 0.1) is 0 Å². The zero-order valence-electron chi connectivity index (χ0n) is 13.4. The highest BCUT2D eigenvalue weighted by molar-refractivity contribution is 6.05. The number of nitrogen functional groups attached to an aromatic ring is 1. The summed E-state index contributed by atoms with van der Waals surface area (Å²) >= 11 is 0. The number of amides is 1. The highest BCUT2D eigenvalue weighted by Crippen LogP contribution is 2.19. The molecule has 2 aromatic carbocycles. The van der Waals surface area contributed by atoms with Gasteiger partial charge in [0, 0.05) is 12.1 Å². The molecule has 2 aromatic rings. The van der Waals surface area contributed by atoms with Gasteiger partial charge in [0.25, 0.3) is 5.91 Å². The van der Waals surface area contributed by atoms with Crippen molar-refractivity contribution in [3.8, 4) is 0 Å². The standard InChI is InChI=1S/C18H21N3O.2ClH/c19-16-8-1-2-9-17(16)20-18(22)15-7-5-6-14(12-15)13-21-10-3-4-11-21;;/h1-2,5-9,12H,3-4,10-11,13,19H2,(H,20,22);2*1H. The maximum absolute atomic E-state index is 12.4. The summed E-state index contributed by atoms with van der Waals surface area (Å²) in [5.41, 5.74) is 8.93. The lowest BCUT2D eigenvalue weighted by Gasteiger charge is -2.15. The second-order valence-corrected chi connectivity index (χ2v) is 5.73. The molecule has 1 amide bonds. The normalized spacial score (nSPS) is 13.7. The van der Waals surface area contributed by atoms with Gasteiger partial charge in [0.2, 0.25) is 0 Å². The minimum atomic E-state index is -0.124. The molecule has 1 heterocycles. The van der Waals surface area contributed by atoms with Gasteiger partial charge in [-0.25, -0.2) is 0 Å². The van der Waals surface area contributed by atoms with Gasteiger partial charge in [-0.05, 0) is 55.8 Å². The van der Waals surface area contributed by atoms with Crippen molar-refractivity contribution in [3.05, 3.63) is 59.7 Å². The molecule has 130 valence electrons. The minimum Gasteiger partial charge on any atom is -0.397 e. The Bertz CT molecular complexity index is 673. The first-order valence-electron chi connectivity index (χ1n) is 7.69. The average molecular weight is 368 g/mol. The van der Waals surface area contributed by atoms with Crippen LogP contribution >= 0.6 is 24.8 Å². The highest BCUT2D eigenvalue weighted by atomic mass is 35.5. The molecule has 0 aromatic heterocycles. The van der Waals surface area contributed by atoms with Gasteiger partial charge < -0.3 is 11.1 Å². The SMILES string of the molecule is Cl.Cl.Nc1ccccc1NC(=O)c1cccc(CN2CCCC2)c1. The number of halogens is 2. The number of para-hydroxylation sites is 2. The molecule has 3 rings (SSSR count). The van der Waals surface area contributed by atoms with Gasteiger partial charge >= 0.3 is 0 Å². The van der Waals surface area contributed by atoms with Crippen LogP contribution in [0.1, 0.15) is 28.8 Å². The van der Waals surface area contributed by atoms with E-state index < -0.39 is 0 Å². The average Bonchev–Trinajstić information content (AvgIpc) is 3.03. The van der Waals surface area contributed by atoms with Gasteiger partial charge in [-0.3, -0.25) is 9.69 Å². The van der Waals surface area contributed by atoms with E-state index in [9.17, 15) is 4.79 Å². The van der Waals surface area contributed by atoms with Crippen LogP contribution in [0.3, 0.4) is 0 Å². The molecule has 0 bridgehead atoms. The quantitative estimate of drug-likeness (QED) is 0.804. The Hall–Kier alpha value is -1.75. The van der Waals surface area contributed by atoms with Crippen LogP contribution in [0.2, 0.25) is 0 Å². The number of nitrogens with two attached hydrogens (primary N) is 1. The first kappa shape index (κ1) is 20.3. The molecular formula is C18H23Cl2N3O. The second kappa shape index (κ2) is 9.52. The summed E-state index contributed by atoms with van der Waals surface area (Å²) in [5, 5.41) is 2.87. The van der Waals surface area contributed by atoms with E-state index >= 15 is 0 Å². The Morgan fingerprint density at radius 3 is 2.46 bits per heavy atom. The summed E-state index contributed by atoms with van der Waals surface area (Å²) in [6.07, 6.45) is 2.54. The summed E-state index contributed by atoms with van der Waals surface area (Å²) in [4.78, 5) is 14.8. The fourth-order valence-electron chi connectivity index (χ4n) is 2.82. The Morgan fingerprint density at radius 1 is 1.04 bits per heavy atom. The summed E-state index contributed by atoms with van der Waals surface area (Å²) in [6, 6.07) is 15.1. The third-order valence-corrected chi connectivity index (χ3v) is 4.00. The largest absolute Gasteiger partial charge is 0.397 e. The smallest absolute Gasteiger partial charge is 0.255 e. The Labute approximate surface area is 155 Å². The molecule has 0 radical (unpaired) electrons. The van der Waals surface area contributed by atoms with Crippen LogP contribution in [0.4, 0.5) is 11.4 Å². The van der Waals surface area contributed by atoms with Gasteiger partial charge in [-0.15, -0.1) is 24.8 Å². The molecule has 1 fully saturated rings. The molecule has 1 aliphatic heterocycles. The van der Waals surface area contributed by atoms with Crippen molar-refractivity contribution in [2.45, 2.75) is 19.4 Å². The lowest BCUT2D eigenvalue weighted by molar-refractivity contribution is 0.102. The lowest BCUT2D eigenvalue weighted by atomic mass is 10.1. The Balaban J connectivity index is 0.00000144. The number of carbonyl (C=O) groups is 1. The van der Waals surface area contributed by atoms with Crippen molar-refractivity contribution in [1.29, 1.82) is 0 Å². The summed E-state index contributed by atoms with van der Waals surface area (Å²) in [5.74, 6) is -0.124. The van der Waals surface area contributed by atoms with Crippen molar-refractivity contribution in [2.24, 2.45) is 0 Å². The molecule has 0 atom stereocenters. The predicted molar refractivity (Wildman–Crippen MR) is 104 cm³/mol. The maximum Gasteiger partial charge on any atom is 0.255 e. The monoisotopic (exact) mass is 367 g/mol. The van der Waals surface area contributed by atoms with Crippen molar-refractivity contribution in [1.82, 2.24) is 4.90 Å². The van der Waals surface area contributed by atoms with E-state index in [1.54, 1.807) is 12.1 Å². The fourth-order valence-corrected chi connectivity index (χ4v) is 2.82. The molecule has 3 N–H and O–H groups in total. The third-order valence-electron chi connectivity index (χ3n) is 4.00. The Morgan fingerprint density at radius 2 is 1.75 bits per heavy atom. The first-order chi connectivity index (χ1) is 10.7. The second-order valence-electron chi connectivity index (χ2n) is 5.73. The molecule has 0 aliphatic carbocycles. The van der Waals surface area contributed by atoms with Crippen molar-refractivity contribution in [3.63, 3.8) is 0 Å². The summed E-state index contributed by atoms with van der Waals surface area (Å²) < 4.78 is 0. The fraction of sp³-hybridized carbons (Fsp3) is 0.278. The lowest BCUT2D eigenvalue weighted by Crippen LogP contribution is -2.19. The number of likely N-dealkylation sites (tertiary alicyclic amines) is 1. The predicted octanol–water partition coefficient (Wildman–Crippen LogP) is 3.96. The molecule has 0 saturated carbocycles. The van der Waals surface area contributed by atoms with Crippen molar-refractivity contribution < 1.29 is 4.79 Å². The molecule has 1 aliphatic rings. The van der Waals surface area contributed by atoms with E-state index in [0.29, 0.717) is 16.9 Å². The number of anilines is 2. The van der Waals surface area contributed by atoms with Crippen LogP contribution in [-0.4, -0.2) is 23.9 Å². The van der Waals surface area contributed by atoms with E-state index in [0.717, 1.165) is 19.6 Å². The number of hydrogen-bond donors (Lipinski definition) is 2. The first-order valence-corrected chi connectivity index (χ1v) is 7.69. The van der Waals surface area contributed by atoms with Crippen LogP contribution in [0.5, 0.6) is 0 Å². The highest BCUT2D eigenvalue weighted by Gasteiger charge is 2.13. The van der Waals surface area contributed by atoms with E-state index in [1.807, 2.05) is 30.3 Å². The number of nitrogens with one attached hydrogen (secondary N) is 1. The molecular weight excluding hydrogens is 345 g/mol. The minimum absolute atomic E-state index is 0. The third kappa shape index (κ3) is 5.13. The molecule has 1 saturated heterocycles. The number of benzene rings is 2. The number of hydrogen-bond acceptors (Lipinski definition) is 3. The van der Waals surface area contributed by atoms with Crippen molar-refractivity contribution >= 4 is 42.1 Å². The maximum atomic E-state index is 12.4. The molecule has 0 unspecified atom stereocenters. The van der Waals surface area contributed by atoms with Crippen LogP contribution < -0.4 is 11.1 Å². The molecule has 0 spiro atoms. The van der Waals surface area contributed by atoms with Gasteiger partial charge in [-0.1, -0.05) is 24.3 Å². The molecule has 6 heteroatoms. The van der Waals surface area contributed by atoms with Crippen LogP contribution in [0.15, 0.2) is 48.5 Å². The number of nitrogens with zero attached hydrogens (tertiary/aromatic N) is 1. The van der Waals surface area contributed by atoms with Crippen molar-refractivity contribution in [2.75, 3.05) is 24.1 Å². The summed E-state index contributed by atoms with van der Waals surface area (Å²) in [7, 11) is 0. The topological polar surface area (TPSA) is 58.4 Å². The molecule has 4 nitrogen and oxygen atoms in total. The van der Waals surface area contributed by atoms with E-state index in [2.05, 4.69) is 16.3 Å². The number of rotatable bonds is 4. The molecule has 24 heavy (non-hydrogen) atoms. The Kier molecular flexibility index (Phi) is 8.05. The van der Waals surface area contributed by atoms with Crippen LogP contribution in [0.25, 0.3) is 0 Å². The summed E-state index contributed by atoms with van der Waals surface area (Å²) in [6.45, 7) is 3.21. The van der Waals surface area contributed by atoms with Gasteiger partial charge in [0.1, 0.15) is 0 Å². The van der Waals surface area contributed by atoms with E-state index in [4.69, 9.17) is 5.73 Å². The van der Waals surface area contributed by atoms with Gasteiger partial charge in [0.05, 0.1) is 11.4 Å². The van der Waals surface area contributed by atoms with Gasteiger partial charge in [0.15, 0.2) is 0 Å². The van der Waals surface area contributed by atoms with E-state index in [1.165, 1.54) is 18.4 Å². The number of carbonyl (C=O) groups excluding carboxylic acids is 1. The zero-order chi connectivity index (χ0) is 15.4. The van der Waals surface area contributed by atoms with E-state index in [-0.39, 0.29) is 30.7 Å².